The highest BCUT2D eigenvalue weighted by molar-refractivity contribution is 6.01. The van der Waals surface area contributed by atoms with E-state index in [1.165, 1.54) is 4.90 Å². The smallest absolute Gasteiger partial charge is 0.326 e. The van der Waals surface area contributed by atoms with Crippen molar-refractivity contribution in [2.45, 2.75) is 13.8 Å². The molecule has 0 saturated heterocycles. The van der Waals surface area contributed by atoms with E-state index < -0.39 is 0 Å². The Kier molecular flexibility index (Phi) is 3.71. The van der Waals surface area contributed by atoms with Gasteiger partial charge in [-0.25, -0.2) is 4.79 Å². The fourth-order valence-corrected chi connectivity index (χ4v) is 1.89. The van der Waals surface area contributed by atoms with Crippen molar-refractivity contribution >= 4 is 17.4 Å². The summed E-state index contributed by atoms with van der Waals surface area (Å²) < 4.78 is 5.04. The summed E-state index contributed by atoms with van der Waals surface area (Å²) in [5.74, 6) is 0.583. The Morgan fingerprint density at radius 2 is 2.00 bits per heavy atom. The van der Waals surface area contributed by atoms with Gasteiger partial charge in [0.1, 0.15) is 11.4 Å². The summed E-state index contributed by atoms with van der Waals surface area (Å²) in [6.07, 6.45) is 0. The lowest BCUT2D eigenvalue weighted by molar-refractivity contribution is 0.258. The van der Waals surface area contributed by atoms with E-state index in [1.54, 1.807) is 45.2 Å². The summed E-state index contributed by atoms with van der Waals surface area (Å²) in [7, 11) is 1.64. The Morgan fingerprint density at radius 3 is 2.50 bits per heavy atom. The van der Waals surface area contributed by atoms with Crippen LogP contribution in [0.1, 0.15) is 17.0 Å². The Hall–Kier alpha value is -2.81. The number of nitriles is 1. The van der Waals surface area contributed by atoms with E-state index in [0.29, 0.717) is 28.4 Å². The van der Waals surface area contributed by atoms with Gasteiger partial charge in [0.15, 0.2) is 5.76 Å². The SMILES string of the molecule is Cc1noc(C)c1N(C)C(=O)Nc1ccc(C#N)cc1. The number of aromatic nitrogens is 1. The lowest BCUT2D eigenvalue weighted by Gasteiger charge is -2.17. The number of carbonyl (C=O) groups is 1. The van der Waals surface area contributed by atoms with Gasteiger partial charge >= 0.3 is 6.03 Å². The monoisotopic (exact) mass is 270 g/mol. The van der Waals surface area contributed by atoms with Crippen LogP contribution in [-0.2, 0) is 0 Å². The van der Waals surface area contributed by atoms with E-state index in [1.807, 2.05) is 6.07 Å². The van der Waals surface area contributed by atoms with Crippen LogP contribution in [0.5, 0.6) is 0 Å². The zero-order chi connectivity index (χ0) is 14.7. The first kappa shape index (κ1) is 13.6. The number of urea groups is 1. The molecule has 0 saturated carbocycles. The molecular weight excluding hydrogens is 256 g/mol. The largest absolute Gasteiger partial charge is 0.359 e. The van der Waals surface area contributed by atoms with Crippen molar-refractivity contribution in [1.29, 1.82) is 5.26 Å². The van der Waals surface area contributed by atoms with Gasteiger partial charge in [-0.1, -0.05) is 5.16 Å². The van der Waals surface area contributed by atoms with Crippen molar-refractivity contribution in [2.24, 2.45) is 0 Å². The Balaban J connectivity index is 2.13. The molecule has 0 radical (unpaired) electrons. The first-order valence-corrected chi connectivity index (χ1v) is 6.00. The summed E-state index contributed by atoms with van der Waals surface area (Å²) in [5.41, 5.74) is 2.46. The Bertz CT molecular complexity index is 648. The molecule has 102 valence electrons. The van der Waals surface area contributed by atoms with E-state index >= 15 is 0 Å². The molecule has 0 spiro atoms. The zero-order valence-corrected chi connectivity index (χ0v) is 11.5. The lowest BCUT2D eigenvalue weighted by atomic mass is 10.2. The summed E-state index contributed by atoms with van der Waals surface area (Å²) in [6, 6.07) is 8.37. The third kappa shape index (κ3) is 2.62. The molecule has 1 heterocycles. The third-order valence-electron chi connectivity index (χ3n) is 2.90. The predicted octanol–water partition coefficient (Wildman–Crippen LogP) is 2.83. The second-order valence-corrected chi connectivity index (χ2v) is 4.35. The molecule has 2 aromatic rings. The normalized spacial score (nSPS) is 9.90. The molecule has 0 aliphatic heterocycles. The number of rotatable bonds is 2. The van der Waals surface area contributed by atoms with Crippen molar-refractivity contribution in [3.05, 3.63) is 41.3 Å². The first-order chi connectivity index (χ1) is 9.52. The number of carbonyl (C=O) groups excluding carboxylic acids is 1. The maximum absolute atomic E-state index is 12.2. The zero-order valence-electron chi connectivity index (χ0n) is 11.5. The number of aryl methyl sites for hydroxylation is 2. The van der Waals surface area contributed by atoms with Crippen LogP contribution in [0.3, 0.4) is 0 Å². The molecular formula is C14H14N4O2. The van der Waals surface area contributed by atoms with Crippen molar-refractivity contribution < 1.29 is 9.32 Å². The molecule has 6 heteroatoms. The van der Waals surface area contributed by atoms with Gasteiger partial charge in [-0.3, -0.25) is 4.90 Å². The minimum atomic E-state index is -0.302. The van der Waals surface area contributed by atoms with Crippen molar-refractivity contribution in [3.63, 3.8) is 0 Å². The van der Waals surface area contributed by atoms with E-state index in [0.717, 1.165) is 0 Å². The Morgan fingerprint density at radius 1 is 1.35 bits per heavy atom. The van der Waals surface area contributed by atoms with Crippen molar-refractivity contribution in [1.82, 2.24) is 5.16 Å². The standard InChI is InChI=1S/C14H14N4O2/c1-9-13(10(2)20-17-9)18(3)14(19)16-12-6-4-11(8-15)5-7-12/h4-7H,1-3H3,(H,16,19). The highest BCUT2D eigenvalue weighted by atomic mass is 16.5. The molecule has 0 unspecified atom stereocenters. The molecule has 20 heavy (non-hydrogen) atoms. The molecule has 0 aliphatic rings. The maximum atomic E-state index is 12.2. The fraction of sp³-hybridized carbons (Fsp3) is 0.214. The highest BCUT2D eigenvalue weighted by Crippen LogP contribution is 2.23. The number of benzene rings is 1. The van der Waals surface area contributed by atoms with Crippen LogP contribution in [-0.4, -0.2) is 18.2 Å². The van der Waals surface area contributed by atoms with Gasteiger partial charge in [-0.15, -0.1) is 0 Å². The van der Waals surface area contributed by atoms with Gasteiger partial charge in [-0.05, 0) is 38.1 Å². The average molecular weight is 270 g/mol. The van der Waals surface area contributed by atoms with Crippen LogP contribution in [0, 0.1) is 25.2 Å². The quantitative estimate of drug-likeness (QED) is 0.909. The minimum Gasteiger partial charge on any atom is -0.359 e. The molecule has 0 aliphatic carbocycles. The maximum Gasteiger partial charge on any atom is 0.326 e. The fourth-order valence-electron chi connectivity index (χ4n) is 1.89. The van der Waals surface area contributed by atoms with Gasteiger partial charge in [-0.2, -0.15) is 5.26 Å². The van der Waals surface area contributed by atoms with Crippen LogP contribution in [0.25, 0.3) is 0 Å². The second kappa shape index (κ2) is 5.45. The van der Waals surface area contributed by atoms with E-state index in [4.69, 9.17) is 9.78 Å². The summed E-state index contributed by atoms with van der Waals surface area (Å²) >= 11 is 0. The molecule has 0 atom stereocenters. The molecule has 0 bridgehead atoms. The van der Waals surface area contributed by atoms with E-state index in [9.17, 15) is 4.79 Å². The van der Waals surface area contributed by atoms with E-state index in [2.05, 4.69) is 10.5 Å². The second-order valence-electron chi connectivity index (χ2n) is 4.35. The van der Waals surface area contributed by atoms with Gasteiger partial charge < -0.3 is 9.84 Å². The topological polar surface area (TPSA) is 82.2 Å². The number of hydrogen-bond donors (Lipinski definition) is 1. The number of anilines is 2. The highest BCUT2D eigenvalue weighted by Gasteiger charge is 2.19. The van der Waals surface area contributed by atoms with Crippen LogP contribution in [0.4, 0.5) is 16.2 Å². The summed E-state index contributed by atoms with van der Waals surface area (Å²) in [5, 5.41) is 15.3. The average Bonchev–Trinajstić information content (AvgIpc) is 2.78. The first-order valence-electron chi connectivity index (χ1n) is 6.00. The number of amides is 2. The lowest BCUT2D eigenvalue weighted by Crippen LogP contribution is -2.31. The van der Waals surface area contributed by atoms with Gasteiger partial charge in [0.25, 0.3) is 0 Å². The van der Waals surface area contributed by atoms with E-state index in [-0.39, 0.29) is 6.03 Å². The van der Waals surface area contributed by atoms with Crippen LogP contribution in [0.2, 0.25) is 0 Å². The third-order valence-corrected chi connectivity index (χ3v) is 2.90. The molecule has 1 aromatic carbocycles. The van der Waals surface area contributed by atoms with Gasteiger partial charge in [0.2, 0.25) is 0 Å². The minimum absolute atomic E-state index is 0.302. The number of hydrogen-bond acceptors (Lipinski definition) is 4. The van der Waals surface area contributed by atoms with Crippen LogP contribution in [0.15, 0.2) is 28.8 Å². The molecule has 1 aromatic heterocycles. The Labute approximate surface area is 116 Å². The molecule has 2 rings (SSSR count). The summed E-state index contributed by atoms with van der Waals surface area (Å²) in [6.45, 7) is 3.53. The molecule has 6 nitrogen and oxygen atoms in total. The van der Waals surface area contributed by atoms with Crippen molar-refractivity contribution in [2.75, 3.05) is 17.3 Å². The van der Waals surface area contributed by atoms with Gasteiger partial charge in [0, 0.05) is 12.7 Å². The predicted molar refractivity (Wildman–Crippen MR) is 74.6 cm³/mol. The van der Waals surface area contributed by atoms with Gasteiger partial charge in [0.05, 0.1) is 11.6 Å². The number of nitrogens with one attached hydrogen (secondary N) is 1. The molecule has 0 fully saturated rings. The molecule has 1 N–H and O–H groups in total. The van der Waals surface area contributed by atoms with Crippen LogP contribution >= 0.6 is 0 Å². The number of nitrogens with zero attached hydrogens (tertiary/aromatic N) is 3. The van der Waals surface area contributed by atoms with Crippen LogP contribution < -0.4 is 10.2 Å². The summed E-state index contributed by atoms with van der Waals surface area (Å²) in [4.78, 5) is 13.6. The molecule has 2 amide bonds. The van der Waals surface area contributed by atoms with Crippen molar-refractivity contribution in [3.8, 4) is 6.07 Å².